The molecule has 0 aliphatic carbocycles. The van der Waals surface area contributed by atoms with Crippen molar-refractivity contribution in [3.63, 3.8) is 0 Å². The van der Waals surface area contributed by atoms with Gasteiger partial charge in [0, 0.05) is 31.3 Å². The van der Waals surface area contributed by atoms with Crippen molar-refractivity contribution in [2.24, 2.45) is 5.73 Å². The number of H-pyrrole nitrogens is 1. The van der Waals surface area contributed by atoms with Crippen LogP contribution in [0, 0.1) is 0 Å². The molecule has 1 aromatic heterocycles. The maximum Gasteiger partial charge on any atom is 0.325 e. The van der Waals surface area contributed by atoms with Gasteiger partial charge in [-0.2, -0.15) is 0 Å². The molecule has 1 fully saturated rings. The second-order valence-electron chi connectivity index (χ2n) is 5.32. The molecule has 5 heteroatoms. The lowest BCUT2D eigenvalue weighted by Gasteiger charge is -2.20. The summed E-state index contributed by atoms with van der Waals surface area (Å²) in [5.74, 6) is -0.906. The van der Waals surface area contributed by atoms with Gasteiger partial charge in [0.05, 0.1) is 0 Å². The molecule has 2 aromatic rings. The van der Waals surface area contributed by atoms with Gasteiger partial charge in [0.1, 0.15) is 5.54 Å². The number of hydrogen-bond acceptors (Lipinski definition) is 3. The average Bonchev–Trinajstić information content (AvgIpc) is 2.96. The normalized spacial score (nSPS) is 24.1. The summed E-state index contributed by atoms with van der Waals surface area (Å²) in [5, 5.41) is 10.3. The first-order valence-electron chi connectivity index (χ1n) is 6.37. The molecular formula is C14H17N3O2. The number of aromatic amines is 1. The van der Waals surface area contributed by atoms with Crippen molar-refractivity contribution >= 4 is 16.9 Å². The highest BCUT2D eigenvalue weighted by Gasteiger charge is 2.40. The summed E-state index contributed by atoms with van der Waals surface area (Å²) in [5.41, 5.74) is 7.09. The van der Waals surface area contributed by atoms with Crippen molar-refractivity contribution in [3.05, 3.63) is 36.0 Å². The van der Waals surface area contributed by atoms with Crippen molar-refractivity contribution in [2.45, 2.75) is 18.5 Å². The van der Waals surface area contributed by atoms with Gasteiger partial charge in [-0.05, 0) is 35.6 Å². The standard InChI is InChI=1S/C14H17N3O2/c15-14(13(18)19)4-6-17(9-14)8-10-1-2-12-11(7-10)3-5-16-12/h1-3,5,7,16H,4,6,8-9,15H2,(H,18,19). The van der Waals surface area contributed by atoms with Crippen LogP contribution in [0.1, 0.15) is 12.0 Å². The topological polar surface area (TPSA) is 82.3 Å². The lowest BCUT2D eigenvalue weighted by molar-refractivity contribution is -0.142. The van der Waals surface area contributed by atoms with Gasteiger partial charge in [-0.25, -0.2) is 0 Å². The molecule has 1 aromatic carbocycles. The molecule has 1 aliphatic rings. The molecular weight excluding hydrogens is 242 g/mol. The Morgan fingerprint density at radius 2 is 2.32 bits per heavy atom. The first kappa shape index (κ1) is 12.2. The predicted octanol–water partition coefficient (Wildman–Crippen LogP) is 1.16. The Hall–Kier alpha value is -1.85. The molecule has 100 valence electrons. The number of benzene rings is 1. The number of nitrogens with two attached hydrogens (primary N) is 1. The van der Waals surface area contributed by atoms with E-state index in [0.29, 0.717) is 13.0 Å². The highest BCUT2D eigenvalue weighted by atomic mass is 16.4. The van der Waals surface area contributed by atoms with Gasteiger partial charge in [-0.15, -0.1) is 0 Å². The number of carboxylic acids is 1. The number of nitrogens with one attached hydrogen (secondary N) is 1. The molecule has 19 heavy (non-hydrogen) atoms. The fourth-order valence-corrected chi connectivity index (χ4v) is 2.68. The smallest absolute Gasteiger partial charge is 0.325 e. The molecule has 0 saturated carbocycles. The van der Waals surface area contributed by atoms with Crippen LogP contribution in [-0.4, -0.2) is 39.6 Å². The minimum Gasteiger partial charge on any atom is -0.480 e. The summed E-state index contributed by atoms with van der Waals surface area (Å²) in [4.78, 5) is 16.4. The monoisotopic (exact) mass is 259 g/mol. The maximum absolute atomic E-state index is 11.1. The van der Waals surface area contributed by atoms with E-state index in [4.69, 9.17) is 10.8 Å². The Balaban J connectivity index is 1.74. The van der Waals surface area contributed by atoms with E-state index in [1.807, 2.05) is 18.3 Å². The van der Waals surface area contributed by atoms with Gasteiger partial charge in [0.2, 0.25) is 0 Å². The van der Waals surface area contributed by atoms with Gasteiger partial charge < -0.3 is 15.8 Å². The van der Waals surface area contributed by atoms with Gasteiger partial charge >= 0.3 is 5.97 Å². The molecule has 0 spiro atoms. The molecule has 0 amide bonds. The zero-order chi connectivity index (χ0) is 13.5. The highest BCUT2D eigenvalue weighted by Crippen LogP contribution is 2.22. The SMILES string of the molecule is NC1(C(=O)O)CCN(Cc2ccc3[nH]ccc3c2)C1. The number of hydrogen-bond donors (Lipinski definition) is 3. The predicted molar refractivity (Wildman–Crippen MR) is 72.7 cm³/mol. The number of rotatable bonds is 3. The van der Waals surface area contributed by atoms with Crippen LogP contribution in [0.4, 0.5) is 0 Å². The average molecular weight is 259 g/mol. The van der Waals surface area contributed by atoms with Gasteiger partial charge in [-0.3, -0.25) is 9.69 Å². The molecule has 5 nitrogen and oxygen atoms in total. The first-order valence-corrected chi connectivity index (χ1v) is 6.37. The van der Waals surface area contributed by atoms with Gasteiger partial charge in [0.15, 0.2) is 0 Å². The molecule has 2 heterocycles. The number of aromatic nitrogens is 1. The molecule has 1 aliphatic heterocycles. The molecule has 3 rings (SSSR count). The van der Waals surface area contributed by atoms with Crippen molar-refractivity contribution < 1.29 is 9.90 Å². The zero-order valence-electron chi connectivity index (χ0n) is 10.6. The fraction of sp³-hybridized carbons (Fsp3) is 0.357. The second-order valence-corrected chi connectivity index (χ2v) is 5.32. The third-order valence-corrected chi connectivity index (χ3v) is 3.83. The minimum atomic E-state index is -1.09. The van der Waals surface area contributed by atoms with Crippen LogP contribution in [0.3, 0.4) is 0 Å². The molecule has 4 N–H and O–H groups in total. The number of carbonyl (C=O) groups is 1. The van der Waals surface area contributed by atoms with E-state index in [1.54, 1.807) is 0 Å². The van der Waals surface area contributed by atoms with Crippen molar-refractivity contribution in [1.29, 1.82) is 0 Å². The summed E-state index contributed by atoms with van der Waals surface area (Å²) < 4.78 is 0. The van der Waals surface area contributed by atoms with E-state index >= 15 is 0 Å². The Kier molecular flexibility index (Phi) is 2.80. The van der Waals surface area contributed by atoms with Gasteiger partial charge in [-0.1, -0.05) is 6.07 Å². The third kappa shape index (κ3) is 2.22. The molecule has 1 unspecified atom stereocenters. The largest absolute Gasteiger partial charge is 0.480 e. The van der Waals surface area contributed by atoms with Crippen LogP contribution in [-0.2, 0) is 11.3 Å². The maximum atomic E-state index is 11.1. The number of likely N-dealkylation sites (tertiary alicyclic amines) is 1. The Morgan fingerprint density at radius 3 is 3.05 bits per heavy atom. The Bertz CT molecular complexity index is 622. The quantitative estimate of drug-likeness (QED) is 0.772. The minimum absolute atomic E-state index is 0.410. The van der Waals surface area contributed by atoms with Crippen LogP contribution in [0.5, 0.6) is 0 Å². The van der Waals surface area contributed by atoms with E-state index < -0.39 is 11.5 Å². The summed E-state index contributed by atoms with van der Waals surface area (Å²) in [6, 6.07) is 8.28. The van der Waals surface area contributed by atoms with Crippen LogP contribution >= 0.6 is 0 Å². The first-order chi connectivity index (χ1) is 9.07. The van der Waals surface area contributed by atoms with E-state index in [2.05, 4.69) is 22.0 Å². The molecule has 0 radical (unpaired) electrons. The van der Waals surface area contributed by atoms with Crippen molar-refractivity contribution in [2.75, 3.05) is 13.1 Å². The van der Waals surface area contributed by atoms with E-state index in [1.165, 1.54) is 10.9 Å². The summed E-state index contributed by atoms with van der Waals surface area (Å²) in [6.45, 7) is 1.88. The van der Waals surface area contributed by atoms with Crippen LogP contribution in [0.25, 0.3) is 10.9 Å². The number of fused-ring (bicyclic) bond motifs is 1. The van der Waals surface area contributed by atoms with E-state index in [9.17, 15) is 4.79 Å². The number of carboxylic acid groups (broad SMARTS) is 1. The Morgan fingerprint density at radius 1 is 1.47 bits per heavy atom. The number of nitrogens with zero attached hydrogens (tertiary/aromatic N) is 1. The molecule has 1 saturated heterocycles. The third-order valence-electron chi connectivity index (χ3n) is 3.83. The van der Waals surface area contributed by atoms with Gasteiger partial charge in [0.25, 0.3) is 0 Å². The second kappa shape index (κ2) is 4.36. The zero-order valence-corrected chi connectivity index (χ0v) is 10.6. The number of aliphatic carboxylic acids is 1. The van der Waals surface area contributed by atoms with Crippen molar-refractivity contribution in [1.82, 2.24) is 9.88 Å². The van der Waals surface area contributed by atoms with Crippen molar-refractivity contribution in [3.8, 4) is 0 Å². The lowest BCUT2D eigenvalue weighted by Crippen LogP contribution is -2.50. The summed E-state index contributed by atoms with van der Waals surface area (Å²) in [7, 11) is 0. The summed E-state index contributed by atoms with van der Waals surface area (Å²) >= 11 is 0. The van der Waals surface area contributed by atoms with Crippen LogP contribution < -0.4 is 5.73 Å². The Labute approximate surface area is 111 Å². The van der Waals surface area contributed by atoms with E-state index in [0.717, 1.165) is 18.6 Å². The lowest BCUT2D eigenvalue weighted by atomic mass is 10.0. The van der Waals surface area contributed by atoms with Crippen LogP contribution in [0.2, 0.25) is 0 Å². The fourth-order valence-electron chi connectivity index (χ4n) is 2.68. The highest BCUT2D eigenvalue weighted by molar-refractivity contribution is 5.80. The summed E-state index contributed by atoms with van der Waals surface area (Å²) in [6.07, 6.45) is 2.42. The molecule has 1 atom stereocenters. The van der Waals surface area contributed by atoms with E-state index in [-0.39, 0.29) is 0 Å². The molecule has 0 bridgehead atoms. The van der Waals surface area contributed by atoms with Crippen LogP contribution in [0.15, 0.2) is 30.5 Å².